The minimum atomic E-state index is -0.893. The van der Waals surface area contributed by atoms with Crippen molar-refractivity contribution in [3.63, 3.8) is 0 Å². The molecule has 1 heterocycles. The fraction of sp³-hybridized carbons (Fsp3) is 0.267. The van der Waals surface area contributed by atoms with E-state index in [2.05, 4.69) is 10.5 Å². The number of carbonyl (C=O) groups is 2. The van der Waals surface area contributed by atoms with Gasteiger partial charge in [-0.1, -0.05) is 31.1 Å². The molecule has 0 radical (unpaired) electrons. The molecule has 2 aromatic rings. The third kappa shape index (κ3) is 3.92. The maximum Gasteiger partial charge on any atom is 0.307 e. The molecule has 1 amide bonds. The molecule has 0 saturated carbocycles. The summed E-state index contributed by atoms with van der Waals surface area (Å²) < 4.78 is 5.07. The molecule has 0 fully saturated rings. The number of nitrogens with zero attached hydrogens (tertiary/aromatic N) is 1. The van der Waals surface area contributed by atoms with Gasteiger partial charge >= 0.3 is 5.97 Å². The second-order valence-electron chi connectivity index (χ2n) is 4.99. The van der Waals surface area contributed by atoms with Crippen LogP contribution < -0.4 is 5.32 Å². The van der Waals surface area contributed by atoms with Crippen molar-refractivity contribution in [3.05, 3.63) is 47.3 Å². The van der Waals surface area contributed by atoms with Crippen LogP contribution in [0.5, 0.6) is 0 Å². The summed E-state index contributed by atoms with van der Waals surface area (Å²) in [7, 11) is 0. The minimum Gasteiger partial charge on any atom is -0.481 e. The Bertz CT molecular complexity index is 644. The first-order valence-corrected chi connectivity index (χ1v) is 6.54. The molecule has 0 unspecified atom stereocenters. The summed E-state index contributed by atoms with van der Waals surface area (Å²) >= 11 is 0. The number of nitrogens with one attached hydrogen (secondary N) is 1. The molecule has 6 heteroatoms. The SMILES string of the molecule is CC(C)c1cc(C(=O)Nc2ccc(CC(=O)O)cc2)no1. The van der Waals surface area contributed by atoms with Gasteiger partial charge in [-0.15, -0.1) is 0 Å². The third-order valence-corrected chi connectivity index (χ3v) is 2.90. The topological polar surface area (TPSA) is 92.4 Å². The van der Waals surface area contributed by atoms with Crippen molar-refractivity contribution in [2.24, 2.45) is 0 Å². The Balaban J connectivity index is 2.03. The summed E-state index contributed by atoms with van der Waals surface area (Å²) in [5.74, 6) is -0.446. The Morgan fingerprint density at radius 2 is 1.95 bits per heavy atom. The number of carbonyl (C=O) groups excluding carboxylic acids is 1. The molecule has 0 aliphatic carbocycles. The van der Waals surface area contributed by atoms with Crippen molar-refractivity contribution in [1.82, 2.24) is 5.16 Å². The largest absolute Gasteiger partial charge is 0.481 e. The average molecular weight is 288 g/mol. The van der Waals surface area contributed by atoms with Gasteiger partial charge in [0.1, 0.15) is 5.76 Å². The van der Waals surface area contributed by atoms with Gasteiger partial charge in [0.2, 0.25) is 0 Å². The molecular weight excluding hydrogens is 272 g/mol. The quantitative estimate of drug-likeness (QED) is 0.882. The first-order valence-electron chi connectivity index (χ1n) is 6.54. The fourth-order valence-electron chi connectivity index (χ4n) is 1.74. The van der Waals surface area contributed by atoms with Gasteiger partial charge in [-0.25, -0.2) is 0 Å². The van der Waals surface area contributed by atoms with E-state index in [-0.39, 0.29) is 23.9 Å². The zero-order chi connectivity index (χ0) is 15.4. The lowest BCUT2D eigenvalue weighted by Gasteiger charge is -2.03. The Morgan fingerprint density at radius 1 is 1.29 bits per heavy atom. The average Bonchev–Trinajstić information content (AvgIpc) is 2.90. The summed E-state index contributed by atoms with van der Waals surface area (Å²) in [5, 5.41) is 15.1. The van der Waals surface area contributed by atoms with E-state index < -0.39 is 5.97 Å². The van der Waals surface area contributed by atoms with E-state index in [1.54, 1.807) is 30.3 Å². The molecule has 2 N–H and O–H groups in total. The lowest BCUT2D eigenvalue weighted by molar-refractivity contribution is -0.136. The number of carboxylic acids is 1. The van der Waals surface area contributed by atoms with E-state index in [9.17, 15) is 9.59 Å². The summed E-state index contributed by atoms with van der Waals surface area (Å²) in [6.07, 6.45) is -0.0464. The molecule has 1 aromatic carbocycles. The Labute approximate surface area is 121 Å². The number of aliphatic carboxylic acids is 1. The number of benzene rings is 1. The van der Waals surface area contributed by atoms with Crippen molar-refractivity contribution in [2.75, 3.05) is 5.32 Å². The lowest BCUT2D eigenvalue weighted by Crippen LogP contribution is -2.12. The minimum absolute atomic E-state index is 0.0464. The van der Waals surface area contributed by atoms with Crippen LogP contribution in [0.1, 0.15) is 41.6 Å². The Hall–Kier alpha value is -2.63. The maximum absolute atomic E-state index is 12.0. The lowest BCUT2D eigenvalue weighted by atomic mass is 10.1. The molecule has 2 rings (SSSR count). The van der Waals surface area contributed by atoms with E-state index in [4.69, 9.17) is 9.63 Å². The van der Waals surface area contributed by atoms with Crippen LogP contribution >= 0.6 is 0 Å². The van der Waals surface area contributed by atoms with Crippen LogP contribution in [0.25, 0.3) is 0 Å². The zero-order valence-electron chi connectivity index (χ0n) is 11.8. The number of rotatable bonds is 5. The van der Waals surface area contributed by atoms with E-state index in [1.165, 1.54) is 0 Å². The van der Waals surface area contributed by atoms with E-state index in [0.717, 1.165) is 0 Å². The predicted molar refractivity (Wildman–Crippen MR) is 76.3 cm³/mol. The van der Waals surface area contributed by atoms with Gasteiger partial charge in [-0.2, -0.15) is 0 Å². The normalized spacial score (nSPS) is 10.6. The summed E-state index contributed by atoms with van der Waals surface area (Å²) in [4.78, 5) is 22.6. The van der Waals surface area contributed by atoms with Gasteiger partial charge < -0.3 is 14.9 Å². The van der Waals surface area contributed by atoms with Gasteiger partial charge in [-0.3, -0.25) is 9.59 Å². The van der Waals surface area contributed by atoms with Crippen molar-refractivity contribution >= 4 is 17.6 Å². The van der Waals surface area contributed by atoms with Gasteiger partial charge in [0.05, 0.1) is 6.42 Å². The standard InChI is InChI=1S/C15H16N2O4/c1-9(2)13-8-12(17-21-13)15(20)16-11-5-3-10(4-6-11)7-14(18)19/h3-6,8-9H,7H2,1-2H3,(H,16,20)(H,18,19). The molecule has 0 atom stereocenters. The highest BCUT2D eigenvalue weighted by Crippen LogP contribution is 2.16. The third-order valence-electron chi connectivity index (χ3n) is 2.90. The molecule has 0 bridgehead atoms. The number of amides is 1. The van der Waals surface area contributed by atoms with Crippen LogP contribution in [-0.4, -0.2) is 22.1 Å². The molecule has 1 aromatic heterocycles. The number of aromatic nitrogens is 1. The van der Waals surface area contributed by atoms with Gasteiger partial charge in [0.25, 0.3) is 5.91 Å². The van der Waals surface area contributed by atoms with Crippen LogP contribution in [0, 0.1) is 0 Å². The Kier molecular flexibility index (Phi) is 4.37. The molecular formula is C15H16N2O4. The second-order valence-corrected chi connectivity index (χ2v) is 4.99. The Morgan fingerprint density at radius 3 is 2.48 bits per heavy atom. The second kappa shape index (κ2) is 6.21. The monoisotopic (exact) mass is 288 g/mol. The molecule has 21 heavy (non-hydrogen) atoms. The number of carboxylic acid groups (broad SMARTS) is 1. The first kappa shape index (κ1) is 14.8. The highest BCUT2D eigenvalue weighted by Gasteiger charge is 2.14. The van der Waals surface area contributed by atoms with Crippen LogP contribution in [0.4, 0.5) is 5.69 Å². The molecule has 110 valence electrons. The summed E-state index contributed by atoms with van der Waals surface area (Å²) in [5.41, 5.74) is 1.46. The van der Waals surface area contributed by atoms with Crippen LogP contribution in [0.15, 0.2) is 34.9 Å². The number of hydrogen-bond acceptors (Lipinski definition) is 4. The zero-order valence-corrected chi connectivity index (χ0v) is 11.8. The highest BCUT2D eigenvalue weighted by atomic mass is 16.5. The summed E-state index contributed by atoms with van der Waals surface area (Å²) in [6.45, 7) is 3.90. The van der Waals surface area contributed by atoms with Gasteiger partial charge in [-0.05, 0) is 17.7 Å². The van der Waals surface area contributed by atoms with Gasteiger partial charge in [0.15, 0.2) is 5.69 Å². The van der Waals surface area contributed by atoms with Crippen LogP contribution in [0.3, 0.4) is 0 Å². The van der Waals surface area contributed by atoms with Gasteiger partial charge in [0, 0.05) is 17.7 Å². The smallest absolute Gasteiger partial charge is 0.307 e. The van der Waals surface area contributed by atoms with Crippen molar-refractivity contribution in [3.8, 4) is 0 Å². The molecule has 6 nitrogen and oxygen atoms in total. The van der Waals surface area contributed by atoms with Crippen molar-refractivity contribution in [1.29, 1.82) is 0 Å². The van der Waals surface area contributed by atoms with E-state index in [0.29, 0.717) is 17.0 Å². The maximum atomic E-state index is 12.0. The highest BCUT2D eigenvalue weighted by molar-refractivity contribution is 6.02. The molecule has 0 saturated heterocycles. The molecule has 0 aliphatic heterocycles. The first-order chi connectivity index (χ1) is 9.95. The fourth-order valence-corrected chi connectivity index (χ4v) is 1.74. The van der Waals surface area contributed by atoms with Crippen LogP contribution in [0.2, 0.25) is 0 Å². The van der Waals surface area contributed by atoms with Crippen molar-refractivity contribution < 1.29 is 19.2 Å². The number of hydrogen-bond donors (Lipinski definition) is 2. The predicted octanol–water partition coefficient (Wildman–Crippen LogP) is 2.68. The summed E-state index contributed by atoms with van der Waals surface area (Å²) in [6, 6.07) is 8.23. The van der Waals surface area contributed by atoms with Crippen LogP contribution in [-0.2, 0) is 11.2 Å². The molecule has 0 spiro atoms. The van der Waals surface area contributed by atoms with E-state index in [1.807, 2.05) is 13.8 Å². The number of anilines is 1. The molecule has 0 aliphatic rings. The van der Waals surface area contributed by atoms with E-state index >= 15 is 0 Å². The van der Waals surface area contributed by atoms with Crippen molar-refractivity contribution in [2.45, 2.75) is 26.2 Å².